The van der Waals surface area contributed by atoms with E-state index in [2.05, 4.69) is 9.51 Å². The van der Waals surface area contributed by atoms with Crippen LogP contribution in [0.25, 0.3) is 0 Å². The van der Waals surface area contributed by atoms with Crippen molar-refractivity contribution in [1.29, 1.82) is 0 Å². The Hall–Kier alpha value is 0.464. The van der Waals surface area contributed by atoms with Gasteiger partial charge in [0.15, 0.2) is 0 Å². The second-order valence-electron chi connectivity index (χ2n) is 1.62. The third kappa shape index (κ3) is 2.77. The molecule has 1 N–H and O–H groups in total. The molecule has 0 aromatic carbocycles. The Morgan fingerprint density at radius 1 is 1.73 bits per heavy atom. The third-order valence-corrected chi connectivity index (χ3v) is 2.32. The van der Waals surface area contributed by atoms with Gasteiger partial charge in [-0.25, -0.2) is 13.9 Å². The van der Waals surface area contributed by atoms with Gasteiger partial charge in [0.25, 0.3) is 0 Å². The first-order valence-corrected chi connectivity index (χ1v) is 4.07. The summed E-state index contributed by atoms with van der Waals surface area (Å²) >= 11 is 0. The zero-order chi connectivity index (χ0) is 7.61. The topological polar surface area (TPSA) is 64.3 Å². The fourth-order valence-corrected chi connectivity index (χ4v) is 1.10. The first-order chi connectivity index (χ1) is 4.67. The SMILES string of the molecule is COP(=O)(O)n1ccnc1.[Y]. The summed E-state index contributed by atoms with van der Waals surface area (Å²) in [5.74, 6) is 0. The number of rotatable bonds is 2. The van der Waals surface area contributed by atoms with Gasteiger partial charge in [0, 0.05) is 52.2 Å². The van der Waals surface area contributed by atoms with Crippen LogP contribution < -0.4 is 0 Å². The molecule has 0 saturated carbocycles. The Bertz CT molecular complexity index is 250. The molecule has 0 spiro atoms. The van der Waals surface area contributed by atoms with Crippen LogP contribution in [-0.4, -0.2) is 21.3 Å². The fourth-order valence-electron chi connectivity index (χ4n) is 0.496. The molecule has 0 saturated heterocycles. The van der Waals surface area contributed by atoms with Gasteiger partial charge in [-0.05, 0) is 0 Å². The number of hydrogen-bond acceptors (Lipinski definition) is 3. The van der Waals surface area contributed by atoms with E-state index in [4.69, 9.17) is 4.89 Å². The molecule has 1 unspecified atom stereocenters. The van der Waals surface area contributed by atoms with Gasteiger partial charge in [0.05, 0.1) is 0 Å². The van der Waals surface area contributed by atoms with Crippen molar-refractivity contribution in [3.8, 4) is 0 Å². The summed E-state index contributed by atoms with van der Waals surface area (Å²) in [6, 6.07) is 0. The van der Waals surface area contributed by atoms with E-state index >= 15 is 0 Å². The Morgan fingerprint density at radius 2 is 2.36 bits per heavy atom. The molecule has 0 amide bonds. The monoisotopic (exact) mass is 251 g/mol. The van der Waals surface area contributed by atoms with E-state index < -0.39 is 7.75 Å². The van der Waals surface area contributed by atoms with Crippen LogP contribution in [0, 0.1) is 0 Å². The molecule has 0 fully saturated rings. The zero-order valence-electron chi connectivity index (χ0n) is 5.91. The third-order valence-electron chi connectivity index (χ3n) is 1.02. The quantitative estimate of drug-likeness (QED) is 0.776. The van der Waals surface area contributed by atoms with E-state index in [9.17, 15) is 4.57 Å². The molecule has 0 aliphatic rings. The van der Waals surface area contributed by atoms with Crippen LogP contribution in [0.2, 0.25) is 0 Å². The predicted molar refractivity (Wildman–Crippen MR) is 34.5 cm³/mol. The first-order valence-electron chi connectivity index (χ1n) is 2.54. The average Bonchev–Trinajstić information content (AvgIpc) is 2.38. The maximum absolute atomic E-state index is 10.9. The van der Waals surface area contributed by atoms with Crippen LogP contribution in [0.1, 0.15) is 0 Å². The molecule has 1 heterocycles. The molecule has 5 nitrogen and oxygen atoms in total. The molecule has 11 heavy (non-hydrogen) atoms. The van der Waals surface area contributed by atoms with E-state index in [0.29, 0.717) is 0 Å². The maximum atomic E-state index is 10.9. The molecule has 0 aliphatic carbocycles. The molecule has 0 aliphatic heterocycles. The average molecular weight is 251 g/mol. The normalized spacial score (nSPS) is 15.1. The number of imidazole rings is 1. The maximum Gasteiger partial charge on any atom is 0.437 e. The van der Waals surface area contributed by atoms with E-state index in [1.807, 2.05) is 0 Å². The summed E-state index contributed by atoms with van der Waals surface area (Å²) < 4.78 is 16.2. The van der Waals surface area contributed by atoms with Crippen molar-refractivity contribution >= 4 is 7.75 Å². The molecule has 1 aromatic rings. The Balaban J connectivity index is 0.000001000. The summed E-state index contributed by atoms with van der Waals surface area (Å²) in [4.78, 5) is 12.5. The van der Waals surface area contributed by atoms with Crippen molar-refractivity contribution in [2.45, 2.75) is 0 Å². The number of aromatic nitrogens is 2. The van der Waals surface area contributed by atoms with Crippen LogP contribution in [0.15, 0.2) is 18.7 Å². The first kappa shape index (κ1) is 11.5. The zero-order valence-corrected chi connectivity index (χ0v) is 9.65. The molecule has 1 rings (SSSR count). The predicted octanol–water partition coefficient (Wildman–Crippen LogP) is 0.475. The smallest absolute Gasteiger partial charge is 0.308 e. The van der Waals surface area contributed by atoms with Gasteiger partial charge in [0.1, 0.15) is 6.33 Å². The summed E-state index contributed by atoms with van der Waals surface area (Å²) in [6.45, 7) is 0. The second kappa shape index (κ2) is 4.48. The molecule has 1 atom stereocenters. The van der Waals surface area contributed by atoms with Crippen LogP contribution in [0.4, 0.5) is 0 Å². The van der Waals surface area contributed by atoms with Crippen molar-refractivity contribution in [2.24, 2.45) is 0 Å². The Morgan fingerprint density at radius 3 is 2.73 bits per heavy atom. The number of nitrogens with zero attached hydrogens (tertiary/aromatic N) is 2. The molecule has 7 heteroatoms. The van der Waals surface area contributed by atoms with Gasteiger partial charge in [-0.3, -0.25) is 4.52 Å². The van der Waals surface area contributed by atoms with Gasteiger partial charge in [-0.15, -0.1) is 0 Å². The Kier molecular flexibility index (Phi) is 4.67. The molecule has 1 radical (unpaired) electrons. The van der Waals surface area contributed by atoms with E-state index in [1.54, 1.807) is 0 Å². The standard InChI is InChI=1S/C4H7N2O3P.Y/c1-9-10(7,8)6-3-2-5-4-6;/h2-4H,1H3,(H,7,8);. The molecular formula is C4H7N2O3PY. The van der Waals surface area contributed by atoms with Crippen molar-refractivity contribution in [1.82, 2.24) is 9.32 Å². The van der Waals surface area contributed by atoms with Gasteiger partial charge in [0.2, 0.25) is 0 Å². The van der Waals surface area contributed by atoms with Crippen LogP contribution in [-0.2, 0) is 41.8 Å². The summed E-state index contributed by atoms with van der Waals surface area (Å²) in [5.41, 5.74) is 0. The second-order valence-corrected chi connectivity index (χ2v) is 3.42. The van der Waals surface area contributed by atoms with Gasteiger partial charge in [-0.2, -0.15) is 0 Å². The molecular weight excluding hydrogens is 244 g/mol. The van der Waals surface area contributed by atoms with Gasteiger partial charge in [-0.1, -0.05) is 0 Å². The molecule has 0 bridgehead atoms. The van der Waals surface area contributed by atoms with Crippen LogP contribution >= 0.6 is 7.75 Å². The summed E-state index contributed by atoms with van der Waals surface area (Å²) in [7, 11) is -2.46. The van der Waals surface area contributed by atoms with Crippen LogP contribution in [0.3, 0.4) is 0 Å². The Labute approximate surface area is 89.2 Å². The molecule has 1 aromatic heterocycles. The fraction of sp³-hybridized carbons (Fsp3) is 0.250. The minimum atomic E-state index is -3.62. The summed E-state index contributed by atoms with van der Waals surface area (Å²) in [5, 5.41) is 0. The van der Waals surface area contributed by atoms with E-state index in [-0.39, 0.29) is 32.7 Å². The van der Waals surface area contributed by atoms with Gasteiger partial charge >= 0.3 is 7.75 Å². The molecule has 59 valence electrons. The largest absolute Gasteiger partial charge is 0.437 e. The van der Waals surface area contributed by atoms with Gasteiger partial charge < -0.3 is 4.89 Å². The van der Waals surface area contributed by atoms with Crippen molar-refractivity contribution in [3.05, 3.63) is 18.7 Å². The van der Waals surface area contributed by atoms with Crippen molar-refractivity contribution < 1.29 is 46.7 Å². The van der Waals surface area contributed by atoms with E-state index in [0.717, 1.165) is 4.34 Å². The van der Waals surface area contributed by atoms with Crippen molar-refractivity contribution in [2.75, 3.05) is 7.11 Å². The van der Waals surface area contributed by atoms with Crippen LogP contribution in [0.5, 0.6) is 0 Å². The summed E-state index contributed by atoms with van der Waals surface area (Å²) in [6.07, 6.45) is 4.00. The van der Waals surface area contributed by atoms with Crippen molar-refractivity contribution in [3.63, 3.8) is 0 Å². The van der Waals surface area contributed by atoms with E-state index in [1.165, 1.54) is 25.8 Å². The minimum Gasteiger partial charge on any atom is -0.308 e. The minimum absolute atomic E-state index is 0. The number of hydrogen-bond donors (Lipinski definition) is 1.